The van der Waals surface area contributed by atoms with Crippen molar-refractivity contribution in [2.45, 2.75) is 6.54 Å². The fourth-order valence-corrected chi connectivity index (χ4v) is 1.44. The molecule has 0 saturated heterocycles. The quantitative estimate of drug-likeness (QED) is 0.574. The Labute approximate surface area is 88.7 Å². The molecule has 0 saturated carbocycles. The molecule has 1 aromatic rings. The monoisotopic (exact) mass is 228 g/mol. The molecular formula is C9H13N2O3P. The smallest absolute Gasteiger partial charge is 0.293 e. The summed E-state index contributed by atoms with van der Waals surface area (Å²) in [5.74, 6) is 0. The van der Waals surface area contributed by atoms with Crippen molar-refractivity contribution >= 4 is 7.75 Å². The van der Waals surface area contributed by atoms with Crippen LogP contribution in [-0.2, 0) is 20.2 Å². The van der Waals surface area contributed by atoms with Crippen LogP contribution < -0.4 is 0 Å². The molecule has 0 fully saturated rings. The van der Waals surface area contributed by atoms with E-state index in [1.54, 1.807) is 0 Å². The molecule has 5 nitrogen and oxygen atoms in total. The summed E-state index contributed by atoms with van der Waals surface area (Å²) in [7, 11) is -0.820. The van der Waals surface area contributed by atoms with E-state index in [0.717, 1.165) is 5.56 Å². The zero-order valence-electron chi connectivity index (χ0n) is 8.66. The lowest BCUT2D eigenvalue weighted by atomic mass is 10.2. The highest BCUT2D eigenvalue weighted by molar-refractivity contribution is 7.52. The summed E-state index contributed by atoms with van der Waals surface area (Å²) in [6.07, 6.45) is 0. The maximum Gasteiger partial charge on any atom is 0.471 e. The molecule has 1 aromatic carbocycles. The SMILES string of the molecule is COP(=O)(N=NCc1ccccc1)OC. The van der Waals surface area contributed by atoms with Crippen LogP contribution in [0.2, 0.25) is 0 Å². The van der Waals surface area contributed by atoms with E-state index in [1.807, 2.05) is 30.3 Å². The van der Waals surface area contributed by atoms with Crippen LogP contribution in [0.1, 0.15) is 5.56 Å². The van der Waals surface area contributed by atoms with E-state index in [4.69, 9.17) is 0 Å². The lowest BCUT2D eigenvalue weighted by molar-refractivity contribution is 0.274. The van der Waals surface area contributed by atoms with E-state index in [0.29, 0.717) is 6.54 Å². The van der Waals surface area contributed by atoms with Gasteiger partial charge in [-0.2, -0.15) is 5.11 Å². The molecule has 82 valence electrons. The van der Waals surface area contributed by atoms with Gasteiger partial charge in [-0.1, -0.05) is 35.2 Å². The van der Waals surface area contributed by atoms with Crippen molar-refractivity contribution in [2.75, 3.05) is 14.2 Å². The van der Waals surface area contributed by atoms with Gasteiger partial charge < -0.3 is 0 Å². The van der Waals surface area contributed by atoms with Crippen molar-refractivity contribution in [1.29, 1.82) is 0 Å². The predicted octanol–water partition coefficient (Wildman–Crippen LogP) is 3.04. The van der Waals surface area contributed by atoms with Crippen LogP contribution in [0, 0.1) is 0 Å². The van der Waals surface area contributed by atoms with Gasteiger partial charge in [-0.15, -0.1) is 0 Å². The highest BCUT2D eigenvalue weighted by atomic mass is 31.2. The summed E-state index contributed by atoms with van der Waals surface area (Å²) in [4.78, 5) is 3.52. The Morgan fingerprint density at radius 2 is 1.80 bits per heavy atom. The molecule has 0 spiro atoms. The van der Waals surface area contributed by atoms with Crippen LogP contribution >= 0.6 is 7.75 Å². The molecule has 0 aromatic heterocycles. The Balaban J connectivity index is 2.57. The first-order valence-electron chi connectivity index (χ1n) is 4.34. The van der Waals surface area contributed by atoms with Crippen LogP contribution in [0.4, 0.5) is 0 Å². The molecule has 6 heteroatoms. The molecular weight excluding hydrogens is 215 g/mol. The van der Waals surface area contributed by atoms with Crippen molar-refractivity contribution in [3.8, 4) is 0 Å². The van der Waals surface area contributed by atoms with Gasteiger partial charge in [0.2, 0.25) is 0 Å². The zero-order valence-corrected chi connectivity index (χ0v) is 9.55. The molecule has 0 bridgehead atoms. The standard InChI is InChI=1S/C9H13N2O3P/c1-13-15(12,14-2)11-10-8-9-6-4-3-5-7-9/h3-7H,8H2,1-2H3. The van der Waals surface area contributed by atoms with E-state index < -0.39 is 7.75 Å². The Kier molecular flexibility index (Phi) is 4.62. The van der Waals surface area contributed by atoms with Gasteiger partial charge in [0.1, 0.15) is 0 Å². The largest absolute Gasteiger partial charge is 0.471 e. The van der Waals surface area contributed by atoms with Crippen molar-refractivity contribution in [3.05, 3.63) is 35.9 Å². The van der Waals surface area contributed by atoms with Crippen molar-refractivity contribution in [3.63, 3.8) is 0 Å². The third-order valence-corrected chi connectivity index (χ3v) is 3.00. The molecule has 0 aliphatic heterocycles. The summed E-state index contributed by atoms with van der Waals surface area (Å²) in [6, 6.07) is 9.52. The van der Waals surface area contributed by atoms with Gasteiger partial charge in [-0.25, -0.2) is 4.57 Å². The van der Waals surface area contributed by atoms with E-state index in [1.165, 1.54) is 14.2 Å². The molecule has 0 heterocycles. The van der Waals surface area contributed by atoms with Gasteiger partial charge in [0.05, 0.1) is 6.54 Å². The molecule has 0 atom stereocenters. The topological polar surface area (TPSA) is 60.2 Å². The minimum absolute atomic E-state index is 0.359. The first kappa shape index (κ1) is 12.0. The highest BCUT2D eigenvalue weighted by Crippen LogP contribution is 2.48. The fourth-order valence-electron chi connectivity index (χ4n) is 0.922. The number of rotatable bonds is 5. The van der Waals surface area contributed by atoms with Crippen molar-refractivity contribution < 1.29 is 13.6 Å². The first-order valence-corrected chi connectivity index (χ1v) is 5.84. The minimum Gasteiger partial charge on any atom is -0.293 e. The summed E-state index contributed by atoms with van der Waals surface area (Å²) < 4.78 is 20.6. The first-order chi connectivity index (χ1) is 7.20. The van der Waals surface area contributed by atoms with Gasteiger partial charge in [0.15, 0.2) is 0 Å². The summed E-state index contributed by atoms with van der Waals surface area (Å²) >= 11 is 0. The zero-order chi connectivity index (χ0) is 11.1. The van der Waals surface area contributed by atoms with Gasteiger partial charge in [0.25, 0.3) is 0 Å². The van der Waals surface area contributed by atoms with Gasteiger partial charge in [-0.3, -0.25) is 9.05 Å². The number of nitrogens with zero attached hydrogens (tertiary/aromatic N) is 2. The van der Waals surface area contributed by atoms with Crippen LogP contribution in [0.3, 0.4) is 0 Å². The molecule has 15 heavy (non-hydrogen) atoms. The summed E-state index contributed by atoms with van der Waals surface area (Å²) in [5.41, 5.74) is 0.986. The Morgan fingerprint density at radius 3 is 2.33 bits per heavy atom. The molecule has 0 aliphatic carbocycles. The third kappa shape index (κ3) is 3.91. The predicted molar refractivity (Wildman–Crippen MR) is 56.6 cm³/mol. The average Bonchev–Trinajstić information content (AvgIpc) is 2.30. The highest BCUT2D eigenvalue weighted by Gasteiger charge is 2.19. The molecule has 0 unspecified atom stereocenters. The lowest BCUT2D eigenvalue weighted by Gasteiger charge is -2.04. The van der Waals surface area contributed by atoms with E-state index in [2.05, 4.69) is 19.0 Å². The van der Waals surface area contributed by atoms with E-state index in [-0.39, 0.29) is 0 Å². The van der Waals surface area contributed by atoms with Gasteiger partial charge in [0, 0.05) is 14.2 Å². The molecule has 0 radical (unpaired) electrons. The second-order valence-electron chi connectivity index (χ2n) is 2.71. The van der Waals surface area contributed by atoms with E-state index in [9.17, 15) is 4.57 Å². The molecule has 0 N–H and O–H groups in total. The Bertz CT molecular complexity index is 359. The van der Waals surface area contributed by atoms with Crippen LogP contribution in [-0.4, -0.2) is 14.2 Å². The number of hydrogen-bond acceptors (Lipinski definition) is 4. The maximum atomic E-state index is 11.4. The fraction of sp³-hybridized carbons (Fsp3) is 0.333. The Morgan fingerprint density at radius 1 is 1.20 bits per heavy atom. The third-order valence-electron chi connectivity index (χ3n) is 1.73. The minimum atomic E-state index is -3.36. The summed E-state index contributed by atoms with van der Waals surface area (Å²) in [6.45, 7) is 0.359. The number of hydrogen-bond donors (Lipinski definition) is 0. The molecule has 1 rings (SSSR count). The summed E-state index contributed by atoms with van der Waals surface area (Å²) in [5, 5.41) is 3.77. The molecule has 0 amide bonds. The van der Waals surface area contributed by atoms with Crippen molar-refractivity contribution in [2.24, 2.45) is 10.00 Å². The van der Waals surface area contributed by atoms with Gasteiger partial charge >= 0.3 is 7.75 Å². The average molecular weight is 228 g/mol. The Hall–Kier alpha value is -1.03. The second-order valence-corrected chi connectivity index (χ2v) is 4.55. The van der Waals surface area contributed by atoms with Crippen LogP contribution in [0.15, 0.2) is 40.3 Å². The van der Waals surface area contributed by atoms with Crippen LogP contribution in [0.5, 0.6) is 0 Å². The van der Waals surface area contributed by atoms with E-state index >= 15 is 0 Å². The second kappa shape index (κ2) is 5.75. The van der Waals surface area contributed by atoms with Crippen molar-refractivity contribution in [1.82, 2.24) is 0 Å². The molecule has 0 aliphatic rings. The van der Waals surface area contributed by atoms with Gasteiger partial charge in [-0.05, 0) is 5.56 Å². The maximum absolute atomic E-state index is 11.4. The van der Waals surface area contributed by atoms with Crippen LogP contribution in [0.25, 0.3) is 0 Å². The normalized spacial score (nSPS) is 12.1. The lowest BCUT2D eigenvalue weighted by Crippen LogP contribution is -1.84. The number of benzene rings is 1.